The molecule has 1 rings (SSSR count). The van der Waals surface area contributed by atoms with E-state index in [-0.39, 0.29) is 12.2 Å². The van der Waals surface area contributed by atoms with E-state index >= 15 is 0 Å². The lowest BCUT2D eigenvalue weighted by Gasteiger charge is -2.09. The van der Waals surface area contributed by atoms with Gasteiger partial charge in [0.05, 0.1) is 19.1 Å². The summed E-state index contributed by atoms with van der Waals surface area (Å²) < 4.78 is 18.4. The molecule has 0 unspecified atom stereocenters. The second kappa shape index (κ2) is 6.02. The minimum absolute atomic E-state index is 0.180. The molecule has 0 spiro atoms. The third-order valence-corrected chi connectivity index (χ3v) is 2.05. The fourth-order valence-electron chi connectivity index (χ4n) is 1.24. The van der Waals surface area contributed by atoms with Gasteiger partial charge in [0.15, 0.2) is 0 Å². The Hall–Kier alpha value is -1.56. The summed E-state index contributed by atoms with van der Waals surface area (Å²) in [7, 11) is 0. The molecule has 0 aromatic heterocycles. The fourth-order valence-corrected chi connectivity index (χ4v) is 1.24. The molecular formula is C12H14FNO. The van der Waals surface area contributed by atoms with Gasteiger partial charge in [-0.15, -0.1) is 0 Å². The van der Waals surface area contributed by atoms with E-state index in [9.17, 15) is 4.39 Å². The van der Waals surface area contributed by atoms with Crippen LogP contribution < -0.4 is 4.74 Å². The number of unbranched alkanes of at least 4 members (excludes halogenated alkanes) is 1. The van der Waals surface area contributed by atoms with Crippen LogP contribution in [0.1, 0.15) is 25.3 Å². The summed E-state index contributed by atoms with van der Waals surface area (Å²) in [6, 6.07) is 6.28. The highest BCUT2D eigenvalue weighted by Crippen LogP contribution is 2.20. The maximum absolute atomic E-state index is 12.9. The van der Waals surface area contributed by atoms with Crippen LogP contribution in [0.5, 0.6) is 5.75 Å². The molecule has 0 saturated carbocycles. The number of hydrogen-bond donors (Lipinski definition) is 0. The van der Waals surface area contributed by atoms with Crippen molar-refractivity contribution in [3.8, 4) is 11.8 Å². The first kappa shape index (κ1) is 11.5. The quantitative estimate of drug-likeness (QED) is 0.695. The minimum Gasteiger partial charge on any atom is -0.493 e. The van der Waals surface area contributed by atoms with Gasteiger partial charge in [0.1, 0.15) is 11.6 Å². The number of halogens is 1. The molecule has 0 heterocycles. The average Bonchev–Trinajstić information content (AvgIpc) is 2.22. The molecule has 0 bridgehead atoms. The van der Waals surface area contributed by atoms with Gasteiger partial charge < -0.3 is 4.74 Å². The average molecular weight is 207 g/mol. The van der Waals surface area contributed by atoms with E-state index in [0.29, 0.717) is 17.9 Å². The number of nitrogens with zero attached hydrogens (tertiary/aromatic N) is 1. The second-order valence-corrected chi connectivity index (χ2v) is 3.29. The zero-order valence-electron chi connectivity index (χ0n) is 8.79. The van der Waals surface area contributed by atoms with Gasteiger partial charge in [-0.25, -0.2) is 4.39 Å². The van der Waals surface area contributed by atoms with E-state index in [1.54, 1.807) is 6.07 Å². The topological polar surface area (TPSA) is 33.0 Å². The highest BCUT2D eigenvalue weighted by atomic mass is 19.1. The van der Waals surface area contributed by atoms with Crippen LogP contribution >= 0.6 is 0 Å². The molecule has 0 N–H and O–H groups in total. The van der Waals surface area contributed by atoms with Crippen LogP contribution in [0.2, 0.25) is 0 Å². The van der Waals surface area contributed by atoms with Crippen molar-refractivity contribution in [3.05, 3.63) is 29.6 Å². The predicted molar refractivity (Wildman–Crippen MR) is 56.1 cm³/mol. The third kappa shape index (κ3) is 3.59. The predicted octanol–water partition coefficient (Wildman–Crippen LogP) is 3.07. The largest absolute Gasteiger partial charge is 0.493 e. The number of ether oxygens (including phenoxy) is 1. The molecule has 1 aromatic rings. The molecule has 0 aliphatic carbocycles. The first-order chi connectivity index (χ1) is 7.27. The Morgan fingerprint density at radius 3 is 2.93 bits per heavy atom. The Balaban J connectivity index is 2.72. The minimum atomic E-state index is -0.330. The molecule has 0 atom stereocenters. The van der Waals surface area contributed by atoms with Crippen LogP contribution in [0.15, 0.2) is 18.2 Å². The molecule has 15 heavy (non-hydrogen) atoms. The Morgan fingerprint density at radius 1 is 1.47 bits per heavy atom. The lowest BCUT2D eigenvalue weighted by Crippen LogP contribution is -2.00. The second-order valence-electron chi connectivity index (χ2n) is 3.29. The molecule has 2 nitrogen and oxygen atoms in total. The van der Waals surface area contributed by atoms with Gasteiger partial charge in [0.2, 0.25) is 0 Å². The van der Waals surface area contributed by atoms with Crippen LogP contribution in [-0.4, -0.2) is 6.61 Å². The van der Waals surface area contributed by atoms with Crippen molar-refractivity contribution in [1.29, 1.82) is 5.26 Å². The Morgan fingerprint density at radius 2 is 2.27 bits per heavy atom. The van der Waals surface area contributed by atoms with Gasteiger partial charge in [-0.2, -0.15) is 5.26 Å². The van der Waals surface area contributed by atoms with Crippen LogP contribution in [0.25, 0.3) is 0 Å². The smallest absolute Gasteiger partial charge is 0.123 e. The summed E-state index contributed by atoms with van der Waals surface area (Å²) in [6.45, 7) is 2.69. The van der Waals surface area contributed by atoms with E-state index in [1.807, 2.05) is 6.07 Å². The summed E-state index contributed by atoms with van der Waals surface area (Å²) >= 11 is 0. The van der Waals surface area contributed by atoms with E-state index < -0.39 is 0 Å². The molecule has 0 amide bonds. The van der Waals surface area contributed by atoms with E-state index in [2.05, 4.69) is 6.92 Å². The first-order valence-corrected chi connectivity index (χ1v) is 5.06. The van der Waals surface area contributed by atoms with Crippen LogP contribution in [0, 0.1) is 17.1 Å². The van der Waals surface area contributed by atoms with Crippen molar-refractivity contribution < 1.29 is 9.13 Å². The Kier molecular flexibility index (Phi) is 4.62. The van der Waals surface area contributed by atoms with Gasteiger partial charge in [-0.3, -0.25) is 0 Å². The number of rotatable bonds is 5. The van der Waals surface area contributed by atoms with Gasteiger partial charge in [0.25, 0.3) is 0 Å². The molecule has 3 heteroatoms. The molecule has 0 saturated heterocycles. The van der Waals surface area contributed by atoms with Gasteiger partial charge in [0, 0.05) is 5.56 Å². The molecule has 0 fully saturated rings. The number of benzene rings is 1. The van der Waals surface area contributed by atoms with Crippen molar-refractivity contribution in [2.24, 2.45) is 0 Å². The van der Waals surface area contributed by atoms with Gasteiger partial charge in [-0.1, -0.05) is 13.3 Å². The van der Waals surface area contributed by atoms with Crippen LogP contribution in [0.3, 0.4) is 0 Å². The van der Waals surface area contributed by atoms with Crippen LogP contribution in [-0.2, 0) is 6.42 Å². The molecule has 0 aliphatic heterocycles. The van der Waals surface area contributed by atoms with E-state index in [4.69, 9.17) is 10.00 Å². The number of nitriles is 1. The van der Waals surface area contributed by atoms with Crippen molar-refractivity contribution in [2.45, 2.75) is 26.2 Å². The highest BCUT2D eigenvalue weighted by molar-refractivity contribution is 5.35. The van der Waals surface area contributed by atoms with Crippen molar-refractivity contribution in [2.75, 3.05) is 6.61 Å². The Bertz CT molecular complexity index is 357. The van der Waals surface area contributed by atoms with E-state index in [0.717, 1.165) is 12.8 Å². The maximum atomic E-state index is 12.9. The number of hydrogen-bond acceptors (Lipinski definition) is 2. The normalized spacial score (nSPS) is 9.67. The van der Waals surface area contributed by atoms with Crippen LogP contribution in [0.4, 0.5) is 4.39 Å². The molecule has 80 valence electrons. The Labute approximate surface area is 89.3 Å². The highest BCUT2D eigenvalue weighted by Gasteiger charge is 2.04. The molecule has 1 aromatic carbocycles. The fraction of sp³-hybridized carbons (Fsp3) is 0.417. The molecule has 0 aliphatic rings. The summed E-state index contributed by atoms with van der Waals surface area (Å²) in [4.78, 5) is 0. The maximum Gasteiger partial charge on any atom is 0.123 e. The lowest BCUT2D eigenvalue weighted by molar-refractivity contribution is 0.306. The first-order valence-electron chi connectivity index (χ1n) is 5.06. The van der Waals surface area contributed by atoms with Crippen molar-refractivity contribution in [3.63, 3.8) is 0 Å². The summed E-state index contributed by atoms with van der Waals surface area (Å²) in [5, 5.41) is 8.58. The zero-order chi connectivity index (χ0) is 11.1. The molecular weight excluding hydrogens is 193 g/mol. The SMILES string of the molecule is CCCCOc1ccc(F)cc1CC#N. The summed E-state index contributed by atoms with van der Waals surface area (Å²) in [5.41, 5.74) is 0.619. The van der Waals surface area contributed by atoms with E-state index in [1.165, 1.54) is 12.1 Å². The summed E-state index contributed by atoms with van der Waals surface area (Å²) in [5.74, 6) is 0.287. The van der Waals surface area contributed by atoms with Crippen molar-refractivity contribution in [1.82, 2.24) is 0 Å². The zero-order valence-corrected chi connectivity index (χ0v) is 8.79. The molecule has 0 radical (unpaired) electrons. The monoisotopic (exact) mass is 207 g/mol. The summed E-state index contributed by atoms with van der Waals surface area (Å²) in [6.07, 6.45) is 2.19. The lowest BCUT2D eigenvalue weighted by atomic mass is 10.1. The standard InChI is InChI=1S/C12H14FNO/c1-2-3-8-15-12-5-4-11(13)9-10(12)6-7-14/h4-5,9H,2-3,6,8H2,1H3. The third-order valence-electron chi connectivity index (χ3n) is 2.05. The van der Waals surface area contributed by atoms with Gasteiger partial charge in [-0.05, 0) is 24.6 Å². The van der Waals surface area contributed by atoms with Crippen molar-refractivity contribution >= 4 is 0 Å². The van der Waals surface area contributed by atoms with Gasteiger partial charge >= 0.3 is 0 Å².